The molecule has 4 rings (SSSR count). The van der Waals surface area contributed by atoms with E-state index in [1.165, 1.54) is 41.4 Å². The number of aromatic carboxylic acids is 1. The van der Waals surface area contributed by atoms with Crippen molar-refractivity contribution in [2.45, 2.75) is 18.9 Å². The molecule has 2 atom stereocenters. The molecule has 3 aromatic rings. The average molecular weight is 510 g/mol. The summed E-state index contributed by atoms with van der Waals surface area (Å²) >= 11 is 6.14. The molecule has 1 aliphatic heterocycles. The molecule has 1 saturated heterocycles. The molecule has 0 aliphatic carbocycles. The van der Waals surface area contributed by atoms with Crippen LogP contribution in [0.1, 0.15) is 28.8 Å². The molecule has 4 N–H and O–H groups in total. The van der Waals surface area contributed by atoms with Gasteiger partial charge in [0.05, 0.1) is 11.3 Å². The number of amides is 2. The van der Waals surface area contributed by atoms with Crippen molar-refractivity contribution < 1.29 is 19.5 Å². The van der Waals surface area contributed by atoms with E-state index in [2.05, 4.69) is 31.5 Å². The Labute approximate surface area is 211 Å². The van der Waals surface area contributed by atoms with E-state index in [9.17, 15) is 14.4 Å². The summed E-state index contributed by atoms with van der Waals surface area (Å²) in [5.74, 6) is -2.01. The van der Waals surface area contributed by atoms with E-state index in [0.29, 0.717) is 28.5 Å². The lowest BCUT2D eigenvalue weighted by atomic mass is 9.91. The lowest BCUT2D eigenvalue weighted by molar-refractivity contribution is -0.125. The highest BCUT2D eigenvalue weighted by molar-refractivity contribution is 6.30. The van der Waals surface area contributed by atoms with Crippen molar-refractivity contribution in [3.05, 3.63) is 71.0 Å². The van der Waals surface area contributed by atoms with E-state index in [-0.39, 0.29) is 17.4 Å². The van der Waals surface area contributed by atoms with Crippen molar-refractivity contribution in [2.24, 2.45) is 5.92 Å². The molecular formula is C24H24ClN7O4. The van der Waals surface area contributed by atoms with E-state index >= 15 is 0 Å². The number of rotatable bonds is 8. The van der Waals surface area contributed by atoms with E-state index in [1.54, 1.807) is 24.3 Å². The molecule has 2 amide bonds. The van der Waals surface area contributed by atoms with Crippen LogP contribution in [0.25, 0.3) is 11.8 Å². The second-order valence-electron chi connectivity index (χ2n) is 8.26. The summed E-state index contributed by atoms with van der Waals surface area (Å²) in [5, 5.41) is 29.6. The maximum Gasteiger partial charge on any atom is 0.335 e. The minimum Gasteiger partial charge on any atom is -0.478 e. The maximum absolute atomic E-state index is 13.2. The lowest BCUT2D eigenvalue weighted by Gasteiger charge is -2.30. The van der Waals surface area contributed by atoms with E-state index < -0.39 is 17.9 Å². The molecule has 2 heterocycles. The minimum atomic E-state index is -1.05. The second-order valence-corrected chi connectivity index (χ2v) is 8.69. The van der Waals surface area contributed by atoms with Gasteiger partial charge in [-0.25, -0.2) is 4.79 Å². The Balaban J connectivity index is 1.50. The summed E-state index contributed by atoms with van der Waals surface area (Å²) in [7, 11) is 0. The SMILES string of the molecule is O=C(/C=C/c1cc(Cl)ccc1-n1cnnn1)N[C@H](C(=O)Nc1ccc(C(=O)O)cc1)[C@@H]1CCCNC1. The number of piperidine rings is 1. The predicted molar refractivity (Wildman–Crippen MR) is 133 cm³/mol. The summed E-state index contributed by atoms with van der Waals surface area (Å²) in [4.78, 5) is 37.1. The second kappa shape index (κ2) is 11.6. The van der Waals surface area contributed by atoms with Gasteiger partial charge in [0.15, 0.2) is 0 Å². The van der Waals surface area contributed by atoms with Gasteiger partial charge in [-0.15, -0.1) is 5.10 Å². The number of aromatic nitrogens is 4. The van der Waals surface area contributed by atoms with Crippen LogP contribution >= 0.6 is 11.6 Å². The van der Waals surface area contributed by atoms with Gasteiger partial charge in [0.1, 0.15) is 12.4 Å². The van der Waals surface area contributed by atoms with Crippen molar-refractivity contribution >= 4 is 41.1 Å². The number of nitrogens with one attached hydrogen (secondary N) is 3. The zero-order valence-corrected chi connectivity index (χ0v) is 19.9. The first kappa shape index (κ1) is 25.0. The summed E-state index contributed by atoms with van der Waals surface area (Å²) in [5.41, 5.74) is 1.79. The molecule has 0 spiro atoms. The molecule has 11 nitrogen and oxygen atoms in total. The number of benzene rings is 2. The molecule has 2 aromatic carbocycles. The number of anilines is 1. The zero-order valence-electron chi connectivity index (χ0n) is 19.1. The quantitative estimate of drug-likeness (QED) is 0.337. The van der Waals surface area contributed by atoms with Gasteiger partial charge in [-0.3, -0.25) is 9.59 Å². The largest absolute Gasteiger partial charge is 0.478 e. The highest BCUT2D eigenvalue weighted by Crippen LogP contribution is 2.21. The van der Waals surface area contributed by atoms with E-state index in [1.807, 2.05) is 0 Å². The monoisotopic (exact) mass is 509 g/mol. The van der Waals surface area contributed by atoms with E-state index in [0.717, 1.165) is 19.4 Å². The van der Waals surface area contributed by atoms with Crippen LogP contribution in [0.5, 0.6) is 0 Å². The Morgan fingerprint density at radius 2 is 2.00 bits per heavy atom. The highest BCUT2D eigenvalue weighted by Gasteiger charge is 2.30. The van der Waals surface area contributed by atoms with Gasteiger partial charge in [0.2, 0.25) is 11.8 Å². The van der Waals surface area contributed by atoms with Gasteiger partial charge < -0.3 is 21.1 Å². The number of nitrogens with zero attached hydrogens (tertiary/aromatic N) is 4. The molecular weight excluding hydrogens is 486 g/mol. The Hall–Kier alpha value is -4.09. The fraction of sp³-hybridized carbons (Fsp3) is 0.250. The Kier molecular flexibility index (Phi) is 8.03. The van der Waals surface area contributed by atoms with Crippen LogP contribution in [-0.4, -0.2) is 62.2 Å². The first-order chi connectivity index (χ1) is 17.4. The molecule has 12 heteroatoms. The van der Waals surface area contributed by atoms with Gasteiger partial charge in [-0.1, -0.05) is 11.6 Å². The maximum atomic E-state index is 13.2. The zero-order chi connectivity index (χ0) is 25.5. The van der Waals surface area contributed by atoms with Crippen LogP contribution in [0.2, 0.25) is 5.02 Å². The normalized spacial score (nSPS) is 16.4. The number of halogens is 1. The number of carboxylic acids is 1. The summed E-state index contributed by atoms with van der Waals surface area (Å²) in [6, 6.07) is 10.1. The molecule has 1 fully saturated rings. The number of hydrogen-bond donors (Lipinski definition) is 4. The Morgan fingerprint density at radius 1 is 1.19 bits per heavy atom. The third-order valence-electron chi connectivity index (χ3n) is 5.79. The number of carbonyl (C=O) groups is 3. The van der Waals surface area contributed by atoms with Crippen molar-refractivity contribution in [1.82, 2.24) is 30.8 Å². The molecule has 1 aromatic heterocycles. The van der Waals surface area contributed by atoms with Crippen molar-refractivity contribution in [2.75, 3.05) is 18.4 Å². The third-order valence-corrected chi connectivity index (χ3v) is 6.02. The molecule has 0 bridgehead atoms. The van der Waals surface area contributed by atoms with Gasteiger partial charge in [-0.05, 0) is 78.4 Å². The molecule has 186 valence electrons. The molecule has 1 aliphatic rings. The standard InChI is InChI=1S/C24H24ClN7O4/c25-18-6-9-20(32-14-27-30-31-32)16(12-18)5-10-21(33)29-22(17-2-1-11-26-13-17)23(34)28-19-7-3-15(4-8-19)24(35)36/h3-10,12,14,17,22,26H,1-2,11,13H2,(H,28,34)(H,29,33)(H,35,36)/b10-5+/t17-,22+/m1/s1. The van der Waals surface area contributed by atoms with Crippen LogP contribution in [-0.2, 0) is 9.59 Å². The number of carboxylic acid groups (broad SMARTS) is 1. The average Bonchev–Trinajstić information content (AvgIpc) is 3.41. The predicted octanol–water partition coefficient (Wildman–Crippen LogP) is 2.15. The first-order valence-corrected chi connectivity index (χ1v) is 11.6. The van der Waals surface area contributed by atoms with Crippen molar-refractivity contribution in [1.29, 1.82) is 0 Å². The molecule has 0 saturated carbocycles. The minimum absolute atomic E-state index is 0.113. The smallest absolute Gasteiger partial charge is 0.335 e. The first-order valence-electron chi connectivity index (χ1n) is 11.3. The van der Waals surface area contributed by atoms with Gasteiger partial charge in [-0.2, -0.15) is 4.68 Å². The van der Waals surface area contributed by atoms with Crippen LogP contribution in [0.15, 0.2) is 54.9 Å². The molecule has 0 radical (unpaired) electrons. The van der Waals surface area contributed by atoms with Crippen molar-refractivity contribution in [3.63, 3.8) is 0 Å². The van der Waals surface area contributed by atoms with Gasteiger partial charge in [0.25, 0.3) is 0 Å². The lowest BCUT2D eigenvalue weighted by Crippen LogP contribution is -2.52. The van der Waals surface area contributed by atoms with Crippen LogP contribution in [0, 0.1) is 5.92 Å². The fourth-order valence-corrected chi connectivity index (χ4v) is 4.16. The summed E-state index contributed by atoms with van der Waals surface area (Å²) < 4.78 is 1.45. The van der Waals surface area contributed by atoms with Crippen molar-refractivity contribution in [3.8, 4) is 5.69 Å². The van der Waals surface area contributed by atoms with Gasteiger partial charge >= 0.3 is 5.97 Å². The Bertz CT molecular complexity index is 1260. The summed E-state index contributed by atoms with van der Waals surface area (Å²) in [6.45, 7) is 1.43. The number of carbonyl (C=O) groups excluding carboxylic acids is 2. The van der Waals surface area contributed by atoms with Gasteiger partial charge in [0, 0.05) is 34.8 Å². The number of hydrogen-bond acceptors (Lipinski definition) is 7. The van der Waals surface area contributed by atoms with Crippen LogP contribution in [0.3, 0.4) is 0 Å². The molecule has 36 heavy (non-hydrogen) atoms. The fourth-order valence-electron chi connectivity index (χ4n) is 3.98. The highest BCUT2D eigenvalue weighted by atomic mass is 35.5. The topological polar surface area (TPSA) is 151 Å². The summed E-state index contributed by atoms with van der Waals surface area (Å²) in [6.07, 6.45) is 5.99. The molecule has 0 unspecified atom stereocenters. The number of tetrazole rings is 1. The third kappa shape index (κ3) is 6.32. The van der Waals surface area contributed by atoms with Crippen LogP contribution in [0.4, 0.5) is 5.69 Å². The van der Waals surface area contributed by atoms with E-state index in [4.69, 9.17) is 16.7 Å². The Morgan fingerprint density at radius 3 is 2.67 bits per heavy atom. The van der Waals surface area contributed by atoms with Crippen LogP contribution < -0.4 is 16.0 Å².